The van der Waals surface area contributed by atoms with Gasteiger partial charge in [0.05, 0.1) is 13.7 Å². The van der Waals surface area contributed by atoms with E-state index in [0.717, 1.165) is 16.7 Å². The van der Waals surface area contributed by atoms with Crippen LogP contribution in [0.1, 0.15) is 16.7 Å². The van der Waals surface area contributed by atoms with Gasteiger partial charge in [-0.05, 0) is 44.2 Å². The highest BCUT2D eigenvalue weighted by Gasteiger charge is 2.11. The van der Waals surface area contributed by atoms with Crippen molar-refractivity contribution in [3.8, 4) is 5.75 Å². The zero-order chi connectivity index (χ0) is 19.1. The molecule has 0 atom stereocenters. The summed E-state index contributed by atoms with van der Waals surface area (Å²) in [6, 6.07) is 13.2. The Morgan fingerprint density at radius 1 is 1.08 bits per heavy atom. The Kier molecular flexibility index (Phi) is 6.55. The van der Waals surface area contributed by atoms with Gasteiger partial charge in [0, 0.05) is 24.4 Å². The molecule has 136 valence electrons. The fourth-order valence-electron chi connectivity index (χ4n) is 2.40. The molecule has 0 saturated heterocycles. The molecule has 5 heteroatoms. The van der Waals surface area contributed by atoms with E-state index in [1.165, 1.54) is 11.0 Å². The van der Waals surface area contributed by atoms with Gasteiger partial charge in [-0.15, -0.1) is 0 Å². The van der Waals surface area contributed by atoms with Gasteiger partial charge in [0.15, 0.2) is 0 Å². The molecule has 26 heavy (non-hydrogen) atoms. The molecular weight excluding hydrogens is 328 g/mol. The highest BCUT2D eigenvalue weighted by Crippen LogP contribution is 2.21. The minimum absolute atomic E-state index is 0.0258. The first-order valence-electron chi connectivity index (χ1n) is 8.33. The van der Waals surface area contributed by atoms with Gasteiger partial charge < -0.3 is 15.0 Å². The molecule has 0 saturated carbocycles. The van der Waals surface area contributed by atoms with E-state index in [2.05, 4.69) is 5.32 Å². The van der Waals surface area contributed by atoms with Crippen LogP contribution < -0.4 is 10.1 Å². The van der Waals surface area contributed by atoms with Crippen LogP contribution in [0.2, 0.25) is 0 Å². The van der Waals surface area contributed by atoms with Crippen LogP contribution in [0.15, 0.2) is 48.5 Å². The zero-order valence-electron chi connectivity index (χ0n) is 15.6. The third-order valence-electron chi connectivity index (χ3n) is 3.88. The van der Waals surface area contributed by atoms with E-state index in [-0.39, 0.29) is 18.4 Å². The number of hydrogen-bond donors (Lipinski definition) is 1. The third kappa shape index (κ3) is 5.48. The van der Waals surface area contributed by atoms with Crippen LogP contribution in [-0.4, -0.2) is 37.4 Å². The van der Waals surface area contributed by atoms with Crippen LogP contribution in [0.25, 0.3) is 6.08 Å². The van der Waals surface area contributed by atoms with Crippen LogP contribution in [0.4, 0.5) is 5.69 Å². The zero-order valence-corrected chi connectivity index (χ0v) is 15.6. The lowest BCUT2D eigenvalue weighted by Crippen LogP contribution is -2.33. The molecule has 0 heterocycles. The van der Waals surface area contributed by atoms with Gasteiger partial charge in [-0.1, -0.05) is 29.3 Å². The quantitative estimate of drug-likeness (QED) is 0.811. The molecule has 0 fully saturated rings. The summed E-state index contributed by atoms with van der Waals surface area (Å²) in [6.07, 6.45) is 3.14. The average molecular weight is 352 g/mol. The Balaban J connectivity index is 1.95. The SMILES string of the molecule is COc1ccc(C)cc1/C=C/C(=O)N(C)CC(=O)Nc1ccc(C)cc1. The monoisotopic (exact) mass is 352 g/mol. The molecule has 0 bridgehead atoms. The number of rotatable bonds is 6. The predicted octanol–water partition coefficient (Wildman–Crippen LogP) is 3.42. The van der Waals surface area contributed by atoms with Crippen molar-refractivity contribution in [1.82, 2.24) is 4.90 Å². The van der Waals surface area contributed by atoms with Crippen LogP contribution in [0.3, 0.4) is 0 Å². The van der Waals surface area contributed by atoms with Crippen molar-refractivity contribution in [3.05, 3.63) is 65.2 Å². The molecule has 2 rings (SSSR count). The minimum atomic E-state index is -0.257. The number of likely N-dealkylation sites (N-methyl/N-ethyl adjacent to an activating group) is 1. The number of aryl methyl sites for hydroxylation is 2. The van der Waals surface area contributed by atoms with Gasteiger partial charge in [0.1, 0.15) is 5.75 Å². The second-order valence-corrected chi connectivity index (χ2v) is 6.19. The van der Waals surface area contributed by atoms with E-state index in [9.17, 15) is 9.59 Å². The lowest BCUT2D eigenvalue weighted by molar-refractivity contribution is -0.129. The Hall–Kier alpha value is -3.08. The van der Waals surface area contributed by atoms with Crippen molar-refractivity contribution in [2.24, 2.45) is 0 Å². The smallest absolute Gasteiger partial charge is 0.246 e. The van der Waals surface area contributed by atoms with Crippen molar-refractivity contribution >= 4 is 23.6 Å². The summed E-state index contributed by atoms with van der Waals surface area (Å²) < 4.78 is 5.29. The Labute approximate surface area is 154 Å². The number of methoxy groups -OCH3 is 1. The van der Waals surface area contributed by atoms with Crippen LogP contribution in [0.5, 0.6) is 5.75 Å². The second kappa shape index (κ2) is 8.85. The average Bonchev–Trinajstić information content (AvgIpc) is 2.61. The summed E-state index contributed by atoms with van der Waals surface area (Å²) in [4.78, 5) is 25.7. The van der Waals surface area contributed by atoms with E-state index in [1.807, 2.05) is 56.3 Å². The van der Waals surface area contributed by atoms with Crippen molar-refractivity contribution in [1.29, 1.82) is 0 Å². The lowest BCUT2D eigenvalue weighted by atomic mass is 10.1. The number of carbonyl (C=O) groups is 2. The van der Waals surface area contributed by atoms with E-state index in [1.54, 1.807) is 20.2 Å². The number of benzene rings is 2. The van der Waals surface area contributed by atoms with Gasteiger partial charge in [-0.3, -0.25) is 9.59 Å². The highest BCUT2D eigenvalue weighted by molar-refractivity contribution is 5.98. The number of carbonyl (C=O) groups excluding carboxylic acids is 2. The first-order chi connectivity index (χ1) is 12.4. The standard InChI is InChI=1S/C21H24N2O3/c1-15-5-9-18(10-6-15)22-20(24)14-23(3)21(25)12-8-17-13-16(2)7-11-19(17)26-4/h5-13H,14H2,1-4H3,(H,22,24)/b12-8+. The van der Waals surface area contributed by atoms with E-state index < -0.39 is 0 Å². The molecule has 0 aromatic heterocycles. The second-order valence-electron chi connectivity index (χ2n) is 6.19. The summed E-state index contributed by atoms with van der Waals surface area (Å²) in [5.74, 6) is 0.193. The number of ether oxygens (including phenoxy) is 1. The van der Waals surface area contributed by atoms with Gasteiger partial charge in [0.2, 0.25) is 11.8 Å². The molecule has 0 aliphatic heterocycles. The predicted molar refractivity (Wildman–Crippen MR) is 104 cm³/mol. The van der Waals surface area contributed by atoms with Gasteiger partial charge in [-0.25, -0.2) is 0 Å². The molecule has 0 aliphatic rings. The molecule has 1 N–H and O–H groups in total. The first kappa shape index (κ1) is 19.2. The fraction of sp³-hybridized carbons (Fsp3) is 0.238. The molecule has 0 aliphatic carbocycles. The van der Waals surface area contributed by atoms with Crippen molar-refractivity contribution in [2.75, 3.05) is 26.0 Å². The van der Waals surface area contributed by atoms with Gasteiger partial charge in [-0.2, -0.15) is 0 Å². The molecule has 2 aromatic carbocycles. The Bertz CT molecular complexity index is 811. The Morgan fingerprint density at radius 3 is 2.38 bits per heavy atom. The lowest BCUT2D eigenvalue weighted by Gasteiger charge is -2.15. The maximum Gasteiger partial charge on any atom is 0.246 e. The number of nitrogens with zero attached hydrogens (tertiary/aromatic N) is 1. The number of hydrogen-bond acceptors (Lipinski definition) is 3. The molecular formula is C21H24N2O3. The number of anilines is 1. The molecule has 0 spiro atoms. The molecule has 0 unspecified atom stereocenters. The molecule has 5 nitrogen and oxygen atoms in total. The van der Waals surface area contributed by atoms with E-state index >= 15 is 0 Å². The summed E-state index contributed by atoms with van der Waals surface area (Å²) >= 11 is 0. The normalized spacial score (nSPS) is 10.6. The summed E-state index contributed by atoms with van der Waals surface area (Å²) in [6.45, 7) is 3.93. The highest BCUT2D eigenvalue weighted by atomic mass is 16.5. The number of nitrogens with one attached hydrogen (secondary N) is 1. The van der Waals surface area contributed by atoms with Crippen molar-refractivity contribution in [3.63, 3.8) is 0 Å². The maximum absolute atomic E-state index is 12.3. The van der Waals surface area contributed by atoms with E-state index in [4.69, 9.17) is 4.74 Å². The topological polar surface area (TPSA) is 58.6 Å². The van der Waals surface area contributed by atoms with Gasteiger partial charge in [0.25, 0.3) is 0 Å². The largest absolute Gasteiger partial charge is 0.496 e. The van der Waals surface area contributed by atoms with Crippen LogP contribution >= 0.6 is 0 Å². The summed E-state index contributed by atoms with van der Waals surface area (Å²) in [7, 11) is 3.18. The molecule has 0 radical (unpaired) electrons. The maximum atomic E-state index is 12.3. The Morgan fingerprint density at radius 2 is 1.73 bits per heavy atom. The fourth-order valence-corrected chi connectivity index (χ4v) is 2.40. The minimum Gasteiger partial charge on any atom is -0.496 e. The summed E-state index contributed by atoms with van der Waals surface area (Å²) in [5, 5.41) is 2.78. The van der Waals surface area contributed by atoms with Crippen LogP contribution in [-0.2, 0) is 9.59 Å². The third-order valence-corrected chi connectivity index (χ3v) is 3.88. The van der Waals surface area contributed by atoms with Crippen LogP contribution in [0, 0.1) is 13.8 Å². The van der Waals surface area contributed by atoms with Gasteiger partial charge >= 0.3 is 0 Å². The molecule has 2 amide bonds. The van der Waals surface area contributed by atoms with E-state index in [0.29, 0.717) is 11.4 Å². The van der Waals surface area contributed by atoms with Crippen molar-refractivity contribution < 1.29 is 14.3 Å². The summed E-state index contributed by atoms with van der Waals surface area (Å²) in [5.41, 5.74) is 3.72. The number of amides is 2. The first-order valence-corrected chi connectivity index (χ1v) is 8.33. The van der Waals surface area contributed by atoms with Crippen molar-refractivity contribution in [2.45, 2.75) is 13.8 Å². The molecule has 2 aromatic rings.